The van der Waals surface area contributed by atoms with Crippen LogP contribution in [0.15, 0.2) is 0 Å². The van der Waals surface area contributed by atoms with Crippen molar-refractivity contribution < 1.29 is 9.59 Å². The Morgan fingerprint density at radius 3 is 1.59 bits per heavy atom. The zero-order chi connectivity index (χ0) is 14.6. The van der Waals surface area contributed by atoms with Crippen molar-refractivity contribution in [2.75, 3.05) is 0 Å². The van der Waals surface area contributed by atoms with Gasteiger partial charge in [-0.3, -0.25) is 9.59 Å². The molecule has 0 radical (unpaired) electrons. The number of Topliss-reactive ketones (excluding diaryl/α,β-unsaturated/α-hetero) is 1. The molecule has 0 rings (SSSR count). The van der Waals surface area contributed by atoms with Crippen LogP contribution in [0, 0.1) is 5.92 Å². The Labute approximate surface area is 106 Å². The summed E-state index contributed by atoms with van der Waals surface area (Å²) in [4.78, 5) is 22.1. The summed E-state index contributed by atoms with van der Waals surface area (Å²) in [5, 5.41) is 2.55. The Balaban J connectivity index is -0.000000439. The molecule has 4 heteroatoms. The Hall–Kier alpha value is -0.900. The summed E-state index contributed by atoms with van der Waals surface area (Å²) in [6, 6.07) is -0.987. The molecule has 0 aromatic rings. The van der Waals surface area contributed by atoms with Gasteiger partial charge in [-0.1, -0.05) is 41.5 Å². The fourth-order valence-electron chi connectivity index (χ4n) is 0.714. The smallest absolute Gasteiger partial charge is 0.237 e. The monoisotopic (exact) mass is 246 g/mol. The normalized spacial score (nSPS) is 12.4. The van der Waals surface area contributed by atoms with Gasteiger partial charge in [0, 0.05) is 0 Å². The summed E-state index contributed by atoms with van der Waals surface area (Å²) < 4.78 is 0. The number of hydrogen-bond donors (Lipinski definition) is 2. The molecule has 0 spiro atoms. The summed E-state index contributed by atoms with van der Waals surface area (Å²) in [5.74, 6) is -0.249. The number of carbonyl (C=O) groups excluding carboxylic acids is 2. The maximum Gasteiger partial charge on any atom is 0.237 e. The SMILES string of the molecule is CC.CC.CC(=O)C(C)NC(=O)C(N)C(C)C. The lowest BCUT2D eigenvalue weighted by Crippen LogP contribution is -2.48. The maximum absolute atomic E-state index is 11.3. The summed E-state index contributed by atoms with van der Waals surface area (Å²) in [6.45, 7) is 14.8. The highest BCUT2D eigenvalue weighted by molar-refractivity contribution is 5.89. The molecule has 4 nitrogen and oxygen atoms in total. The molecule has 3 N–H and O–H groups in total. The van der Waals surface area contributed by atoms with E-state index in [1.54, 1.807) is 6.92 Å². The van der Waals surface area contributed by atoms with E-state index in [2.05, 4.69) is 5.32 Å². The van der Waals surface area contributed by atoms with E-state index in [1.165, 1.54) is 6.92 Å². The minimum absolute atomic E-state index is 0.0655. The first-order chi connectivity index (χ1) is 7.86. The zero-order valence-corrected chi connectivity index (χ0v) is 12.6. The predicted molar refractivity (Wildman–Crippen MR) is 73.8 cm³/mol. The van der Waals surface area contributed by atoms with Gasteiger partial charge in [0.2, 0.25) is 5.91 Å². The van der Waals surface area contributed by atoms with Crippen LogP contribution in [0.1, 0.15) is 55.4 Å². The van der Waals surface area contributed by atoms with E-state index in [0.717, 1.165) is 0 Å². The number of rotatable bonds is 4. The van der Waals surface area contributed by atoms with Crippen LogP contribution in [0.3, 0.4) is 0 Å². The topological polar surface area (TPSA) is 72.2 Å². The summed E-state index contributed by atoms with van der Waals surface area (Å²) in [5.41, 5.74) is 5.59. The average Bonchev–Trinajstić information content (AvgIpc) is 2.32. The Bertz CT molecular complexity index is 204. The number of nitrogens with two attached hydrogens (primary N) is 1. The minimum atomic E-state index is -0.540. The summed E-state index contributed by atoms with van der Waals surface area (Å²) >= 11 is 0. The highest BCUT2D eigenvalue weighted by atomic mass is 16.2. The number of hydrogen-bond acceptors (Lipinski definition) is 3. The maximum atomic E-state index is 11.3. The summed E-state index contributed by atoms with van der Waals surface area (Å²) in [7, 11) is 0. The third-order valence-electron chi connectivity index (χ3n) is 1.99. The lowest BCUT2D eigenvalue weighted by atomic mass is 10.0. The largest absolute Gasteiger partial charge is 0.345 e. The molecule has 1 amide bonds. The van der Waals surface area contributed by atoms with E-state index in [4.69, 9.17) is 5.73 Å². The van der Waals surface area contributed by atoms with Crippen molar-refractivity contribution in [3.8, 4) is 0 Å². The lowest BCUT2D eigenvalue weighted by molar-refractivity contribution is -0.127. The van der Waals surface area contributed by atoms with Gasteiger partial charge >= 0.3 is 0 Å². The molecule has 0 fully saturated rings. The number of amides is 1. The molecule has 2 atom stereocenters. The predicted octanol–water partition coefficient (Wildman–Crippen LogP) is 2.12. The molecule has 0 aromatic carbocycles. The van der Waals surface area contributed by atoms with Crippen LogP contribution in [0.5, 0.6) is 0 Å². The Kier molecular flexibility index (Phi) is 16.6. The third-order valence-corrected chi connectivity index (χ3v) is 1.99. The summed E-state index contributed by atoms with van der Waals surface area (Å²) in [6.07, 6.45) is 0. The first kappa shape index (κ1) is 21.4. The zero-order valence-electron chi connectivity index (χ0n) is 12.6. The number of ketones is 1. The van der Waals surface area contributed by atoms with Gasteiger partial charge in [-0.15, -0.1) is 0 Å². The van der Waals surface area contributed by atoms with Crippen LogP contribution < -0.4 is 11.1 Å². The Morgan fingerprint density at radius 2 is 1.35 bits per heavy atom. The average molecular weight is 246 g/mol. The van der Waals surface area contributed by atoms with Crippen molar-refractivity contribution in [2.45, 2.75) is 67.5 Å². The molecule has 0 heterocycles. The molecule has 104 valence electrons. The number of nitrogens with one attached hydrogen (secondary N) is 1. The van der Waals surface area contributed by atoms with Crippen molar-refractivity contribution >= 4 is 11.7 Å². The van der Waals surface area contributed by atoms with E-state index in [9.17, 15) is 9.59 Å². The second-order valence-corrected chi connectivity index (χ2v) is 3.61. The molecule has 0 saturated heterocycles. The number of carbonyl (C=O) groups is 2. The van der Waals surface area contributed by atoms with Crippen molar-refractivity contribution in [1.29, 1.82) is 0 Å². The van der Waals surface area contributed by atoms with Gasteiger partial charge < -0.3 is 11.1 Å². The van der Waals surface area contributed by atoms with E-state index >= 15 is 0 Å². The lowest BCUT2D eigenvalue weighted by Gasteiger charge is -2.17. The van der Waals surface area contributed by atoms with Gasteiger partial charge in [-0.25, -0.2) is 0 Å². The minimum Gasteiger partial charge on any atom is -0.345 e. The van der Waals surface area contributed by atoms with Gasteiger partial charge in [0.15, 0.2) is 5.78 Å². The van der Waals surface area contributed by atoms with Gasteiger partial charge in [0.05, 0.1) is 12.1 Å². The first-order valence-corrected chi connectivity index (χ1v) is 6.42. The van der Waals surface area contributed by atoms with Crippen molar-refractivity contribution in [2.24, 2.45) is 11.7 Å². The molecular formula is C13H30N2O2. The van der Waals surface area contributed by atoms with E-state index < -0.39 is 12.1 Å². The quantitative estimate of drug-likeness (QED) is 0.798. The fraction of sp³-hybridized carbons (Fsp3) is 0.846. The van der Waals surface area contributed by atoms with Crippen molar-refractivity contribution in [3.05, 3.63) is 0 Å². The molecule has 0 bridgehead atoms. The highest BCUT2D eigenvalue weighted by Crippen LogP contribution is 1.98. The highest BCUT2D eigenvalue weighted by Gasteiger charge is 2.19. The molecule has 17 heavy (non-hydrogen) atoms. The molecule has 0 aromatic heterocycles. The van der Waals surface area contributed by atoms with Gasteiger partial charge in [0.1, 0.15) is 0 Å². The third kappa shape index (κ3) is 11.4. The van der Waals surface area contributed by atoms with Crippen LogP contribution in [-0.4, -0.2) is 23.8 Å². The Morgan fingerprint density at radius 1 is 1.00 bits per heavy atom. The van der Waals surface area contributed by atoms with Crippen LogP contribution in [0.25, 0.3) is 0 Å². The van der Waals surface area contributed by atoms with Gasteiger partial charge in [0.25, 0.3) is 0 Å². The van der Waals surface area contributed by atoms with Crippen LogP contribution in [0.2, 0.25) is 0 Å². The molecule has 0 aliphatic rings. The molecule has 0 aliphatic carbocycles. The van der Waals surface area contributed by atoms with Gasteiger partial charge in [-0.05, 0) is 19.8 Å². The van der Waals surface area contributed by atoms with E-state index in [0.29, 0.717) is 0 Å². The van der Waals surface area contributed by atoms with Crippen LogP contribution >= 0.6 is 0 Å². The van der Waals surface area contributed by atoms with Crippen molar-refractivity contribution in [3.63, 3.8) is 0 Å². The molecular weight excluding hydrogens is 216 g/mol. The second-order valence-electron chi connectivity index (χ2n) is 3.61. The standard InChI is InChI=1S/C9H18N2O2.2C2H6/c1-5(2)8(10)9(13)11-6(3)7(4)12;2*1-2/h5-6,8H,10H2,1-4H3,(H,11,13);2*1-2H3. The van der Waals surface area contributed by atoms with Crippen molar-refractivity contribution in [1.82, 2.24) is 5.32 Å². The van der Waals surface area contributed by atoms with Crippen LogP contribution in [0.4, 0.5) is 0 Å². The van der Waals surface area contributed by atoms with E-state index in [-0.39, 0.29) is 17.6 Å². The fourth-order valence-corrected chi connectivity index (χ4v) is 0.714. The second kappa shape index (κ2) is 13.2. The van der Waals surface area contributed by atoms with E-state index in [1.807, 2.05) is 41.5 Å². The van der Waals surface area contributed by atoms with Crippen LogP contribution in [-0.2, 0) is 9.59 Å². The first-order valence-electron chi connectivity index (χ1n) is 6.42. The molecule has 0 saturated carbocycles. The molecule has 2 unspecified atom stereocenters. The van der Waals surface area contributed by atoms with Gasteiger partial charge in [-0.2, -0.15) is 0 Å². The molecule has 0 aliphatic heterocycles.